The zero-order chi connectivity index (χ0) is 11.7. The van der Waals surface area contributed by atoms with E-state index in [1.54, 1.807) is 30.3 Å². The Hall–Kier alpha value is -1.25. The Kier molecular flexibility index (Phi) is 3.03. The van der Waals surface area contributed by atoms with Crippen molar-refractivity contribution in [2.24, 2.45) is 0 Å². The molecule has 0 aromatic heterocycles. The standard InChI is InChI=1S/C12H8Cl2FN/c13-7-4-5-8(9(14)6-7)12-10(15)2-1-3-11(12)16/h1-6H,16H2. The number of nitrogen functional groups attached to an aromatic ring is 1. The van der Waals surface area contributed by atoms with Crippen LogP contribution < -0.4 is 5.73 Å². The lowest BCUT2D eigenvalue weighted by Gasteiger charge is -2.09. The number of anilines is 1. The van der Waals surface area contributed by atoms with Crippen LogP contribution in [0.3, 0.4) is 0 Å². The Bertz CT molecular complexity index is 520. The van der Waals surface area contributed by atoms with Gasteiger partial charge in [-0.05, 0) is 24.3 Å². The van der Waals surface area contributed by atoms with Gasteiger partial charge in [0.25, 0.3) is 0 Å². The van der Waals surface area contributed by atoms with Crippen LogP contribution in [0.5, 0.6) is 0 Å². The average Bonchev–Trinajstić information content (AvgIpc) is 2.20. The molecule has 0 aliphatic carbocycles. The summed E-state index contributed by atoms with van der Waals surface area (Å²) in [6.45, 7) is 0. The Balaban J connectivity index is 2.68. The first-order valence-electron chi connectivity index (χ1n) is 4.59. The van der Waals surface area contributed by atoms with Crippen LogP contribution in [0.1, 0.15) is 0 Å². The second-order valence-corrected chi connectivity index (χ2v) is 4.17. The van der Waals surface area contributed by atoms with Crippen molar-refractivity contribution >= 4 is 28.9 Å². The van der Waals surface area contributed by atoms with E-state index in [4.69, 9.17) is 28.9 Å². The van der Waals surface area contributed by atoms with Crippen LogP contribution in [-0.2, 0) is 0 Å². The highest BCUT2D eigenvalue weighted by molar-refractivity contribution is 6.36. The first-order chi connectivity index (χ1) is 7.59. The summed E-state index contributed by atoms with van der Waals surface area (Å²) in [6, 6.07) is 9.39. The van der Waals surface area contributed by atoms with E-state index in [9.17, 15) is 4.39 Å². The Morgan fingerprint density at radius 2 is 1.81 bits per heavy atom. The first kappa shape index (κ1) is 11.2. The summed E-state index contributed by atoms with van der Waals surface area (Å²) >= 11 is 11.8. The number of hydrogen-bond acceptors (Lipinski definition) is 1. The van der Waals surface area contributed by atoms with Gasteiger partial charge in [-0.2, -0.15) is 0 Å². The molecule has 0 spiro atoms. The van der Waals surface area contributed by atoms with Gasteiger partial charge >= 0.3 is 0 Å². The molecular weight excluding hydrogens is 248 g/mol. The largest absolute Gasteiger partial charge is 0.398 e. The molecule has 0 radical (unpaired) electrons. The normalized spacial score (nSPS) is 10.4. The van der Waals surface area contributed by atoms with Crippen molar-refractivity contribution in [2.75, 3.05) is 5.73 Å². The van der Waals surface area contributed by atoms with Gasteiger partial charge in [-0.1, -0.05) is 35.3 Å². The fourth-order valence-corrected chi connectivity index (χ4v) is 2.02. The quantitative estimate of drug-likeness (QED) is 0.752. The van der Waals surface area contributed by atoms with E-state index in [1.165, 1.54) is 6.07 Å². The monoisotopic (exact) mass is 255 g/mol. The third-order valence-corrected chi connectivity index (χ3v) is 2.79. The smallest absolute Gasteiger partial charge is 0.133 e. The van der Waals surface area contributed by atoms with Crippen LogP contribution in [0.25, 0.3) is 11.1 Å². The number of nitrogens with two attached hydrogens (primary N) is 1. The van der Waals surface area contributed by atoms with E-state index >= 15 is 0 Å². The first-order valence-corrected chi connectivity index (χ1v) is 5.34. The lowest BCUT2D eigenvalue weighted by atomic mass is 10.0. The highest BCUT2D eigenvalue weighted by atomic mass is 35.5. The van der Waals surface area contributed by atoms with Crippen LogP contribution in [0, 0.1) is 5.82 Å². The summed E-state index contributed by atoms with van der Waals surface area (Å²) in [6.07, 6.45) is 0. The van der Waals surface area contributed by atoms with Crippen molar-refractivity contribution < 1.29 is 4.39 Å². The van der Waals surface area contributed by atoms with Gasteiger partial charge in [0.1, 0.15) is 5.82 Å². The van der Waals surface area contributed by atoms with Crippen molar-refractivity contribution in [3.63, 3.8) is 0 Å². The molecule has 4 heteroatoms. The molecule has 2 aromatic rings. The third kappa shape index (κ3) is 1.99. The molecule has 0 saturated carbocycles. The minimum absolute atomic E-state index is 0.309. The molecule has 2 N–H and O–H groups in total. The summed E-state index contributed by atoms with van der Waals surface area (Å²) in [5.41, 5.74) is 6.93. The van der Waals surface area contributed by atoms with Crippen LogP contribution in [0.4, 0.5) is 10.1 Å². The molecule has 0 amide bonds. The van der Waals surface area contributed by atoms with Gasteiger partial charge in [0.2, 0.25) is 0 Å². The number of benzene rings is 2. The molecule has 0 aliphatic rings. The Morgan fingerprint density at radius 3 is 2.44 bits per heavy atom. The van der Waals surface area contributed by atoms with E-state index in [1.807, 2.05) is 0 Å². The topological polar surface area (TPSA) is 26.0 Å². The maximum Gasteiger partial charge on any atom is 0.133 e. The summed E-state index contributed by atoms with van der Waals surface area (Å²) in [4.78, 5) is 0. The van der Waals surface area contributed by atoms with Crippen molar-refractivity contribution in [3.05, 3.63) is 52.3 Å². The van der Waals surface area contributed by atoms with Crippen molar-refractivity contribution in [2.45, 2.75) is 0 Å². The molecule has 0 bridgehead atoms. The van der Waals surface area contributed by atoms with E-state index in [-0.39, 0.29) is 0 Å². The molecular formula is C12H8Cl2FN. The molecule has 0 saturated heterocycles. The summed E-state index contributed by atoms with van der Waals surface area (Å²) in [5.74, 6) is -0.399. The van der Waals surface area contributed by atoms with Crippen LogP contribution in [-0.4, -0.2) is 0 Å². The van der Waals surface area contributed by atoms with E-state index < -0.39 is 5.82 Å². The lowest BCUT2D eigenvalue weighted by molar-refractivity contribution is 0.632. The molecule has 2 aromatic carbocycles. The fourth-order valence-electron chi connectivity index (χ4n) is 1.52. The van der Waals surface area contributed by atoms with E-state index in [0.29, 0.717) is 26.9 Å². The number of halogens is 3. The molecule has 0 atom stereocenters. The second kappa shape index (κ2) is 4.32. The fraction of sp³-hybridized carbons (Fsp3) is 0. The molecule has 0 fully saturated rings. The summed E-state index contributed by atoms with van der Waals surface area (Å²) in [7, 11) is 0. The highest BCUT2D eigenvalue weighted by Gasteiger charge is 2.12. The molecule has 82 valence electrons. The summed E-state index contributed by atoms with van der Waals surface area (Å²) < 4.78 is 13.6. The van der Waals surface area contributed by atoms with Gasteiger partial charge in [0.15, 0.2) is 0 Å². The SMILES string of the molecule is Nc1cccc(F)c1-c1ccc(Cl)cc1Cl. The lowest BCUT2D eigenvalue weighted by Crippen LogP contribution is -1.93. The maximum atomic E-state index is 13.6. The van der Waals surface area contributed by atoms with E-state index in [2.05, 4.69) is 0 Å². The zero-order valence-corrected chi connectivity index (χ0v) is 9.69. The second-order valence-electron chi connectivity index (χ2n) is 3.33. The van der Waals surface area contributed by atoms with Gasteiger partial charge in [-0.15, -0.1) is 0 Å². The van der Waals surface area contributed by atoms with Crippen molar-refractivity contribution in [3.8, 4) is 11.1 Å². The molecule has 0 aliphatic heterocycles. The van der Waals surface area contributed by atoms with Crippen LogP contribution in [0.15, 0.2) is 36.4 Å². The minimum atomic E-state index is -0.399. The Labute approximate surface area is 103 Å². The molecule has 0 heterocycles. The van der Waals surface area contributed by atoms with Gasteiger partial charge in [-0.3, -0.25) is 0 Å². The average molecular weight is 256 g/mol. The van der Waals surface area contributed by atoms with Gasteiger partial charge in [0, 0.05) is 21.8 Å². The van der Waals surface area contributed by atoms with E-state index in [0.717, 1.165) is 0 Å². The molecule has 0 unspecified atom stereocenters. The number of hydrogen-bond donors (Lipinski definition) is 1. The van der Waals surface area contributed by atoms with Crippen molar-refractivity contribution in [1.29, 1.82) is 0 Å². The van der Waals surface area contributed by atoms with Gasteiger partial charge in [0.05, 0.1) is 5.02 Å². The Morgan fingerprint density at radius 1 is 1.06 bits per heavy atom. The predicted molar refractivity (Wildman–Crippen MR) is 66.3 cm³/mol. The maximum absolute atomic E-state index is 13.6. The molecule has 2 rings (SSSR count). The summed E-state index contributed by atoms with van der Waals surface area (Å²) in [5, 5.41) is 0.882. The molecule has 16 heavy (non-hydrogen) atoms. The molecule has 1 nitrogen and oxygen atoms in total. The van der Waals surface area contributed by atoms with Crippen LogP contribution in [0.2, 0.25) is 10.0 Å². The predicted octanol–water partition coefficient (Wildman–Crippen LogP) is 4.38. The minimum Gasteiger partial charge on any atom is -0.398 e. The zero-order valence-electron chi connectivity index (χ0n) is 8.18. The van der Waals surface area contributed by atoms with Crippen molar-refractivity contribution in [1.82, 2.24) is 0 Å². The highest BCUT2D eigenvalue weighted by Crippen LogP contribution is 2.35. The van der Waals surface area contributed by atoms with Gasteiger partial charge in [-0.25, -0.2) is 4.39 Å². The van der Waals surface area contributed by atoms with Gasteiger partial charge < -0.3 is 5.73 Å². The number of rotatable bonds is 1. The van der Waals surface area contributed by atoms with Crippen LogP contribution >= 0.6 is 23.2 Å². The third-order valence-electron chi connectivity index (χ3n) is 2.25.